The van der Waals surface area contributed by atoms with Crippen LogP contribution in [0.4, 0.5) is 23.2 Å². The predicted octanol–water partition coefficient (Wildman–Crippen LogP) is 5.65. The fourth-order valence-electron chi connectivity index (χ4n) is 3.47. The molecule has 1 N–H and O–H groups in total. The van der Waals surface area contributed by atoms with E-state index in [0.29, 0.717) is 10.8 Å². The summed E-state index contributed by atoms with van der Waals surface area (Å²) in [4.78, 5) is 15.3. The number of piperazine rings is 1. The zero-order valence-corrected chi connectivity index (χ0v) is 19.5. The van der Waals surface area contributed by atoms with Crippen molar-refractivity contribution in [1.29, 1.82) is 0 Å². The summed E-state index contributed by atoms with van der Waals surface area (Å²) < 4.78 is 61.6. The number of hydrogen-bond donors (Lipinski definition) is 1. The molecule has 0 unspecified atom stereocenters. The van der Waals surface area contributed by atoms with Crippen molar-refractivity contribution in [3.05, 3.63) is 75.5 Å². The summed E-state index contributed by atoms with van der Waals surface area (Å²) in [5.41, 5.74) is -0.101. The number of amides is 1. The summed E-state index contributed by atoms with van der Waals surface area (Å²) in [5, 5.41) is 1.94. The van der Waals surface area contributed by atoms with Crippen molar-refractivity contribution in [2.24, 2.45) is 0 Å². The maximum atomic E-state index is 14.2. The van der Waals surface area contributed by atoms with Gasteiger partial charge in [0.2, 0.25) is 0 Å². The molecule has 1 aliphatic heterocycles. The van der Waals surface area contributed by atoms with Gasteiger partial charge in [-0.05, 0) is 48.6 Å². The molecule has 4 rings (SSSR count). The van der Waals surface area contributed by atoms with E-state index < -0.39 is 39.9 Å². The van der Waals surface area contributed by atoms with E-state index in [1.807, 2.05) is 0 Å². The van der Waals surface area contributed by atoms with Gasteiger partial charge in [0.25, 0.3) is 5.91 Å². The summed E-state index contributed by atoms with van der Waals surface area (Å²) in [6, 6.07) is 10.0. The molecular formula is C22H15Cl2F4N3O2S. The minimum absolute atomic E-state index is 0.00811. The van der Waals surface area contributed by atoms with E-state index in [4.69, 9.17) is 39.8 Å². The average Bonchev–Trinajstić information content (AvgIpc) is 3.33. The number of rotatable bonds is 3. The van der Waals surface area contributed by atoms with Crippen LogP contribution < -0.4 is 10.2 Å². The highest BCUT2D eigenvalue weighted by atomic mass is 35.5. The molecule has 178 valence electrons. The molecule has 5 nitrogen and oxygen atoms in total. The van der Waals surface area contributed by atoms with Gasteiger partial charge in [0.05, 0.1) is 0 Å². The van der Waals surface area contributed by atoms with Crippen molar-refractivity contribution >= 4 is 52.1 Å². The van der Waals surface area contributed by atoms with Gasteiger partial charge in [-0.1, -0.05) is 23.2 Å². The Labute approximate surface area is 206 Å². The zero-order chi connectivity index (χ0) is 24.6. The van der Waals surface area contributed by atoms with E-state index >= 15 is 0 Å². The van der Waals surface area contributed by atoms with Crippen molar-refractivity contribution in [2.45, 2.75) is 0 Å². The third kappa shape index (κ3) is 4.70. The molecule has 0 spiro atoms. The Morgan fingerprint density at radius 3 is 2.06 bits per heavy atom. The molecule has 2 heterocycles. The first-order valence-electron chi connectivity index (χ1n) is 9.89. The first-order chi connectivity index (χ1) is 16.2. The predicted molar refractivity (Wildman–Crippen MR) is 124 cm³/mol. The number of nitrogens with one attached hydrogen (secondary N) is 1. The number of carbonyl (C=O) groups excluding carboxylic acids is 1. The molecule has 0 atom stereocenters. The van der Waals surface area contributed by atoms with Crippen LogP contribution in [0.5, 0.6) is 0 Å². The third-order valence-electron chi connectivity index (χ3n) is 5.25. The number of anilines is 1. The van der Waals surface area contributed by atoms with Crippen LogP contribution in [0.3, 0.4) is 0 Å². The average molecular weight is 532 g/mol. The summed E-state index contributed by atoms with van der Waals surface area (Å²) in [6.45, 7) is 0.258. The lowest BCUT2D eigenvalue weighted by Crippen LogP contribution is -2.53. The molecule has 34 heavy (non-hydrogen) atoms. The molecule has 0 radical (unpaired) electrons. The van der Waals surface area contributed by atoms with Crippen LogP contribution in [0.25, 0.3) is 11.3 Å². The van der Waals surface area contributed by atoms with Gasteiger partial charge < -0.3 is 14.2 Å². The van der Waals surface area contributed by atoms with E-state index in [2.05, 4.69) is 5.32 Å². The van der Waals surface area contributed by atoms with Crippen molar-refractivity contribution in [3.8, 4) is 11.3 Å². The van der Waals surface area contributed by atoms with E-state index in [9.17, 15) is 22.4 Å². The van der Waals surface area contributed by atoms with Crippen molar-refractivity contribution < 1.29 is 26.8 Å². The standard InChI is InChI=1S/C22H15Cl2F4N3O2S/c23-12-3-1-11(2-4-12)13-5-6-14(33-13)21(32)29-22(34)31-9-7-30(8-10-31)20-18(27)16(25)15(24)17(26)19(20)28/h1-6H,7-10H2,(H,29,32,34). The molecule has 0 bridgehead atoms. The molecule has 3 aromatic rings. The van der Waals surface area contributed by atoms with Crippen molar-refractivity contribution in [3.63, 3.8) is 0 Å². The number of carbonyl (C=O) groups is 1. The van der Waals surface area contributed by atoms with E-state index in [1.165, 1.54) is 6.07 Å². The first-order valence-corrected chi connectivity index (χ1v) is 11.1. The van der Waals surface area contributed by atoms with Gasteiger partial charge in [-0.3, -0.25) is 10.1 Å². The van der Waals surface area contributed by atoms with Gasteiger partial charge in [0.1, 0.15) is 16.5 Å². The second-order valence-electron chi connectivity index (χ2n) is 7.32. The fraction of sp³-hybridized carbons (Fsp3) is 0.182. The molecular weight excluding hydrogens is 517 g/mol. The van der Waals surface area contributed by atoms with E-state index in [-0.39, 0.29) is 37.1 Å². The summed E-state index contributed by atoms with van der Waals surface area (Å²) >= 11 is 16.4. The molecule has 0 saturated carbocycles. The van der Waals surface area contributed by atoms with Crippen LogP contribution in [0, 0.1) is 23.3 Å². The normalized spacial score (nSPS) is 13.8. The Hall–Kier alpha value is -2.82. The quantitative estimate of drug-likeness (QED) is 0.205. The third-order valence-corrected chi connectivity index (χ3v) is 6.19. The van der Waals surface area contributed by atoms with Gasteiger partial charge in [0, 0.05) is 36.8 Å². The molecule has 0 aliphatic carbocycles. The van der Waals surface area contributed by atoms with Gasteiger partial charge in [-0.25, -0.2) is 17.6 Å². The lowest BCUT2D eigenvalue weighted by atomic mass is 10.2. The number of benzene rings is 2. The Kier molecular flexibility index (Phi) is 7.01. The van der Waals surface area contributed by atoms with Crippen molar-refractivity contribution in [1.82, 2.24) is 10.2 Å². The number of nitrogens with zero attached hydrogens (tertiary/aromatic N) is 2. The number of thiocarbonyl (C=S) groups is 1. The van der Waals surface area contributed by atoms with E-state index in [1.54, 1.807) is 35.2 Å². The first kappa shape index (κ1) is 24.3. The Morgan fingerprint density at radius 2 is 1.47 bits per heavy atom. The van der Waals surface area contributed by atoms with Crippen LogP contribution in [0.1, 0.15) is 10.6 Å². The number of halogens is 6. The maximum absolute atomic E-state index is 14.2. The zero-order valence-electron chi connectivity index (χ0n) is 17.2. The summed E-state index contributed by atoms with van der Waals surface area (Å²) in [6.07, 6.45) is 0. The van der Waals surface area contributed by atoms with Crippen molar-refractivity contribution in [2.75, 3.05) is 31.1 Å². The topological polar surface area (TPSA) is 48.7 Å². The van der Waals surface area contributed by atoms with Crippen LogP contribution in [0.2, 0.25) is 10.0 Å². The Morgan fingerprint density at radius 1 is 0.882 bits per heavy atom. The number of furan rings is 1. The van der Waals surface area contributed by atoms with Gasteiger partial charge in [-0.2, -0.15) is 0 Å². The highest BCUT2D eigenvalue weighted by Gasteiger charge is 2.30. The highest BCUT2D eigenvalue weighted by molar-refractivity contribution is 7.80. The molecule has 1 aliphatic rings. The largest absolute Gasteiger partial charge is 0.451 e. The monoisotopic (exact) mass is 531 g/mol. The molecule has 1 amide bonds. The van der Waals surface area contributed by atoms with Crippen LogP contribution in [0.15, 0.2) is 40.8 Å². The smallest absolute Gasteiger partial charge is 0.293 e. The highest BCUT2D eigenvalue weighted by Crippen LogP contribution is 2.34. The fourth-order valence-corrected chi connectivity index (χ4v) is 4.04. The second-order valence-corrected chi connectivity index (χ2v) is 8.52. The molecule has 2 aromatic carbocycles. The minimum Gasteiger partial charge on any atom is -0.451 e. The van der Waals surface area contributed by atoms with Crippen LogP contribution in [-0.4, -0.2) is 42.1 Å². The van der Waals surface area contributed by atoms with E-state index in [0.717, 1.165) is 10.5 Å². The summed E-state index contributed by atoms with van der Waals surface area (Å²) in [5.74, 6) is -6.53. The van der Waals surface area contributed by atoms with Crippen LogP contribution >= 0.6 is 35.4 Å². The maximum Gasteiger partial charge on any atom is 0.293 e. The lowest BCUT2D eigenvalue weighted by molar-refractivity contribution is 0.0946. The second kappa shape index (κ2) is 9.81. The Balaban J connectivity index is 1.38. The summed E-state index contributed by atoms with van der Waals surface area (Å²) in [7, 11) is 0. The van der Waals surface area contributed by atoms with Gasteiger partial charge in [0.15, 0.2) is 34.1 Å². The van der Waals surface area contributed by atoms with Crippen LogP contribution in [-0.2, 0) is 0 Å². The molecule has 1 aromatic heterocycles. The molecule has 1 fully saturated rings. The lowest BCUT2D eigenvalue weighted by Gasteiger charge is -2.37. The van der Waals surface area contributed by atoms with Gasteiger partial charge >= 0.3 is 0 Å². The number of hydrogen-bond acceptors (Lipinski definition) is 4. The SMILES string of the molecule is O=C(NC(=S)N1CCN(c2c(F)c(F)c(Cl)c(F)c2F)CC1)c1ccc(-c2ccc(Cl)cc2)o1. The minimum atomic E-state index is -1.66. The molecule has 12 heteroatoms. The Bertz CT molecular complexity index is 1230. The molecule has 1 saturated heterocycles. The van der Waals surface area contributed by atoms with Gasteiger partial charge in [-0.15, -0.1) is 0 Å².